The molecule has 0 N–H and O–H groups in total. The first-order valence-corrected chi connectivity index (χ1v) is 10.1. The predicted octanol–water partition coefficient (Wildman–Crippen LogP) is 2.05. The van der Waals surface area contributed by atoms with Crippen molar-refractivity contribution in [3.63, 3.8) is 0 Å². The quantitative estimate of drug-likeness (QED) is 0.686. The number of hydrogen-bond donors (Lipinski definition) is 0. The average Bonchev–Trinajstić information content (AvgIpc) is 3.09. The molecule has 0 spiro atoms. The number of piperazine rings is 1. The molecule has 2 aromatic rings. The standard InChI is InChI=1S/C23H24FN3O3/c24-20-8-6-18(7-9-20)13-25-10-11-26(23(30)22(25)29)15-19-12-21(28)27(16-19)14-17-4-2-1-3-5-17/h1-9,19H,10-16H2. The van der Waals surface area contributed by atoms with Gasteiger partial charge in [-0.25, -0.2) is 4.39 Å². The lowest BCUT2D eigenvalue weighted by atomic mass is 10.1. The third kappa shape index (κ3) is 4.50. The van der Waals surface area contributed by atoms with Crippen LogP contribution in [0.4, 0.5) is 4.39 Å². The van der Waals surface area contributed by atoms with Gasteiger partial charge in [0, 0.05) is 51.6 Å². The number of halogens is 1. The van der Waals surface area contributed by atoms with Gasteiger partial charge in [-0.1, -0.05) is 42.5 Å². The van der Waals surface area contributed by atoms with Gasteiger partial charge in [-0.15, -0.1) is 0 Å². The van der Waals surface area contributed by atoms with Crippen LogP contribution in [-0.4, -0.2) is 58.6 Å². The molecule has 1 unspecified atom stereocenters. The molecular weight excluding hydrogens is 385 g/mol. The Hall–Kier alpha value is -3.22. The second kappa shape index (κ2) is 8.65. The van der Waals surface area contributed by atoms with Gasteiger partial charge in [0.05, 0.1) is 0 Å². The highest BCUT2D eigenvalue weighted by Gasteiger charge is 2.37. The summed E-state index contributed by atoms with van der Waals surface area (Å²) in [6.45, 7) is 2.71. The zero-order chi connectivity index (χ0) is 21.1. The molecule has 0 aromatic heterocycles. The molecule has 2 heterocycles. The third-order valence-electron chi connectivity index (χ3n) is 5.67. The summed E-state index contributed by atoms with van der Waals surface area (Å²) in [5.41, 5.74) is 1.86. The highest BCUT2D eigenvalue weighted by atomic mass is 19.1. The Morgan fingerprint density at radius 1 is 0.767 bits per heavy atom. The Morgan fingerprint density at radius 2 is 1.37 bits per heavy atom. The summed E-state index contributed by atoms with van der Waals surface area (Å²) in [7, 11) is 0. The van der Waals surface area contributed by atoms with Crippen LogP contribution >= 0.6 is 0 Å². The zero-order valence-electron chi connectivity index (χ0n) is 16.7. The topological polar surface area (TPSA) is 60.9 Å². The molecule has 0 radical (unpaired) electrons. The maximum Gasteiger partial charge on any atom is 0.312 e. The van der Waals surface area contributed by atoms with Gasteiger partial charge in [0.2, 0.25) is 5.91 Å². The summed E-state index contributed by atoms with van der Waals surface area (Å²) in [4.78, 5) is 42.4. The first kappa shape index (κ1) is 20.1. The zero-order valence-corrected chi connectivity index (χ0v) is 16.7. The Bertz CT molecular complexity index is 932. The second-order valence-electron chi connectivity index (χ2n) is 7.93. The van der Waals surface area contributed by atoms with E-state index in [0.717, 1.165) is 11.1 Å². The molecule has 6 nitrogen and oxygen atoms in total. The molecule has 2 fully saturated rings. The molecule has 3 amide bonds. The van der Waals surface area contributed by atoms with E-state index in [1.54, 1.807) is 17.0 Å². The van der Waals surface area contributed by atoms with Crippen molar-refractivity contribution in [2.45, 2.75) is 19.5 Å². The molecule has 2 aromatic carbocycles. The molecule has 0 aliphatic carbocycles. The summed E-state index contributed by atoms with van der Waals surface area (Å²) in [6, 6.07) is 15.7. The molecule has 0 bridgehead atoms. The minimum absolute atomic E-state index is 0.0293. The van der Waals surface area contributed by atoms with Gasteiger partial charge in [0.15, 0.2) is 0 Å². The van der Waals surface area contributed by atoms with Gasteiger partial charge in [-0.3, -0.25) is 14.4 Å². The third-order valence-corrected chi connectivity index (χ3v) is 5.67. The van der Waals surface area contributed by atoms with E-state index in [9.17, 15) is 18.8 Å². The van der Waals surface area contributed by atoms with Crippen molar-refractivity contribution in [3.05, 3.63) is 71.5 Å². The summed E-state index contributed by atoms with van der Waals surface area (Å²) < 4.78 is 13.1. The van der Waals surface area contributed by atoms with E-state index in [2.05, 4.69) is 0 Å². The summed E-state index contributed by atoms with van der Waals surface area (Å²) in [5, 5.41) is 0. The Kier molecular flexibility index (Phi) is 5.79. The molecule has 7 heteroatoms. The largest absolute Gasteiger partial charge is 0.338 e. The minimum atomic E-state index is -0.545. The van der Waals surface area contributed by atoms with Gasteiger partial charge < -0.3 is 14.7 Å². The van der Waals surface area contributed by atoms with Crippen LogP contribution in [0.5, 0.6) is 0 Å². The summed E-state index contributed by atoms with van der Waals surface area (Å²) >= 11 is 0. The Morgan fingerprint density at radius 3 is 2.10 bits per heavy atom. The summed E-state index contributed by atoms with van der Waals surface area (Å²) in [5.74, 6) is -1.30. The number of rotatable bonds is 6. The fraction of sp³-hybridized carbons (Fsp3) is 0.348. The number of nitrogens with zero attached hydrogens (tertiary/aromatic N) is 3. The Balaban J connectivity index is 1.31. The van der Waals surface area contributed by atoms with E-state index in [1.807, 2.05) is 35.2 Å². The molecule has 2 aliphatic rings. The van der Waals surface area contributed by atoms with Crippen LogP contribution in [0.15, 0.2) is 54.6 Å². The molecule has 2 saturated heterocycles. The maximum atomic E-state index is 13.1. The van der Waals surface area contributed by atoms with Gasteiger partial charge in [0.1, 0.15) is 5.82 Å². The number of benzene rings is 2. The predicted molar refractivity (Wildman–Crippen MR) is 108 cm³/mol. The highest BCUT2D eigenvalue weighted by molar-refractivity contribution is 6.35. The second-order valence-corrected chi connectivity index (χ2v) is 7.93. The number of carbonyl (C=O) groups excluding carboxylic acids is 3. The van der Waals surface area contributed by atoms with Crippen molar-refractivity contribution < 1.29 is 18.8 Å². The number of carbonyl (C=O) groups is 3. The van der Waals surface area contributed by atoms with Crippen LogP contribution in [0.3, 0.4) is 0 Å². The lowest BCUT2D eigenvalue weighted by Gasteiger charge is -2.35. The fourth-order valence-corrected chi connectivity index (χ4v) is 4.09. The minimum Gasteiger partial charge on any atom is -0.338 e. The van der Waals surface area contributed by atoms with Crippen LogP contribution in [-0.2, 0) is 27.5 Å². The molecule has 156 valence electrons. The van der Waals surface area contributed by atoms with Gasteiger partial charge in [0.25, 0.3) is 0 Å². The van der Waals surface area contributed by atoms with E-state index in [4.69, 9.17) is 0 Å². The summed E-state index contributed by atoms with van der Waals surface area (Å²) in [6.07, 6.45) is 0.393. The van der Waals surface area contributed by atoms with Crippen molar-refractivity contribution in [1.29, 1.82) is 0 Å². The van der Waals surface area contributed by atoms with Crippen LogP contribution in [0, 0.1) is 11.7 Å². The SMILES string of the molecule is O=C1CC(CN2CCN(Cc3ccc(F)cc3)C(=O)C2=O)CN1Cc1ccccc1. The maximum absolute atomic E-state index is 13.1. The van der Waals surface area contributed by atoms with Crippen LogP contribution in [0.1, 0.15) is 17.5 Å². The van der Waals surface area contributed by atoms with Gasteiger partial charge in [-0.2, -0.15) is 0 Å². The molecule has 1 atom stereocenters. The smallest absolute Gasteiger partial charge is 0.312 e. The first-order valence-electron chi connectivity index (χ1n) is 10.1. The number of likely N-dealkylation sites (tertiary alicyclic amines) is 1. The van der Waals surface area contributed by atoms with Crippen LogP contribution < -0.4 is 0 Å². The molecule has 0 saturated carbocycles. The van der Waals surface area contributed by atoms with E-state index < -0.39 is 11.8 Å². The molecule has 2 aliphatic heterocycles. The van der Waals surface area contributed by atoms with E-state index in [0.29, 0.717) is 39.1 Å². The van der Waals surface area contributed by atoms with Crippen molar-refractivity contribution in [1.82, 2.24) is 14.7 Å². The normalized spacial score (nSPS) is 19.7. The monoisotopic (exact) mass is 409 g/mol. The van der Waals surface area contributed by atoms with Crippen LogP contribution in [0.25, 0.3) is 0 Å². The van der Waals surface area contributed by atoms with Crippen LogP contribution in [0.2, 0.25) is 0 Å². The van der Waals surface area contributed by atoms with Gasteiger partial charge in [-0.05, 0) is 23.3 Å². The average molecular weight is 409 g/mol. The number of amides is 3. The van der Waals surface area contributed by atoms with E-state index in [1.165, 1.54) is 17.0 Å². The molecule has 4 rings (SSSR count). The fourth-order valence-electron chi connectivity index (χ4n) is 4.09. The highest BCUT2D eigenvalue weighted by Crippen LogP contribution is 2.22. The molecular formula is C23H24FN3O3. The lowest BCUT2D eigenvalue weighted by Crippen LogP contribution is -2.55. The van der Waals surface area contributed by atoms with Crippen molar-refractivity contribution in [3.8, 4) is 0 Å². The van der Waals surface area contributed by atoms with Crippen molar-refractivity contribution in [2.75, 3.05) is 26.2 Å². The van der Waals surface area contributed by atoms with E-state index >= 15 is 0 Å². The van der Waals surface area contributed by atoms with Gasteiger partial charge >= 0.3 is 11.8 Å². The van der Waals surface area contributed by atoms with Crippen molar-refractivity contribution >= 4 is 17.7 Å². The Labute approximate surface area is 174 Å². The first-order chi connectivity index (χ1) is 14.5. The molecule has 30 heavy (non-hydrogen) atoms. The van der Waals surface area contributed by atoms with Crippen molar-refractivity contribution in [2.24, 2.45) is 5.92 Å². The number of hydrogen-bond acceptors (Lipinski definition) is 3. The van der Waals surface area contributed by atoms with E-state index in [-0.39, 0.29) is 24.2 Å². The lowest BCUT2D eigenvalue weighted by molar-refractivity contribution is -0.156.